The fourth-order valence-corrected chi connectivity index (χ4v) is 3.77. The molecule has 0 saturated carbocycles. The monoisotopic (exact) mass is 472 g/mol. The summed E-state index contributed by atoms with van der Waals surface area (Å²) in [5.41, 5.74) is 1.44. The van der Waals surface area contributed by atoms with E-state index in [0.717, 1.165) is 24.8 Å². The van der Waals surface area contributed by atoms with Crippen LogP contribution < -0.4 is 20.3 Å². The Hall–Kier alpha value is -4.20. The predicted molar refractivity (Wildman–Crippen MR) is 135 cm³/mol. The van der Waals surface area contributed by atoms with E-state index < -0.39 is 5.91 Å². The van der Waals surface area contributed by atoms with Gasteiger partial charge in [-0.15, -0.1) is 0 Å². The zero-order valence-electron chi connectivity index (χ0n) is 19.9. The maximum absolute atomic E-state index is 13.3. The third kappa shape index (κ3) is 5.66. The highest BCUT2D eigenvalue weighted by molar-refractivity contribution is 6.11. The van der Waals surface area contributed by atoms with Crippen molar-refractivity contribution in [3.05, 3.63) is 88.6 Å². The van der Waals surface area contributed by atoms with E-state index in [9.17, 15) is 9.59 Å². The minimum Gasteiger partial charge on any atom is -0.493 e. The molecule has 0 radical (unpaired) electrons. The van der Waals surface area contributed by atoms with E-state index in [4.69, 9.17) is 9.47 Å². The molecule has 35 heavy (non-hydrogen) atoms. The Labute approximate surface area is 203 Å². The first-order valence-corrected chi connectivity index (χ1v) is 11.6. The number of benzene rings is 2. The predicted octanol–water partition coefficient (Wildman–Crippen LogP) is 4.82. The number of amides is 1. The molecule has 8 nitrogen and oxygen atoms in total. The number of nitrogens with one attached hydrogen (secondary N) is 1. The Balaban J connectivity index is 1.61. The molecule has 2 aromatic heterocycles. The van der Waals surface area contributed by atoms with Crippen molar-refractivity contribution in [1.82, 2.24) is 14.8 Å². The lowest BCUT2D eigenvalue weighted by Gasteiger charge is -2.14. The van der Waals surface area contributed by atoms with Crippen LogP contribution >= 0.6 is 0 Å². The van der Waals surface area contributed by atoms with Gasteiger partial charge >= 0.3 is 0 Å². The van der Waals surface area contributed by atoms with E-state index in [0.29, 0.717) is 41.1 Å². The summed E-state index contributed by atoms with van der Waals surface area (Å²) in [5, 5.41) is 8.31. The van der Waals surface area contributed by atoms with Crippen LogP contribution in [0.1, 0.15) is 42.2 Å². The average molecular weight is 473 g/mol. The van der Waals surface area contributed by atoms with Gasteiger partial charge in [0.2, 0.25) is 0 Å². The molecular weight excluding hydrogens is 444 g/mol. The average Bonchev–Trinajstić information content (AvgIpc) is 2.89. The molecule has 2 heterocycles. The quantitative estimate of drug-likeness (QED) is 0.333. The Morgan fingerprint density at radius 2 is 1.86 bits per heavy atom. The van der Waals surface area contributed by atoms with Crippen LogP contribution in [-0.2, 0) is 13.2 Å². The van der Waals surface area contributed by atoms with Gasteiger partial charge in [-0.2, -0.15) is 5.10 Å². The van der Waals surface area contributed by atoms with Gasteiger partial charge in [-0.1, -0.05) is 44.0 Å². The van der Waals surface area contributed by atoms with Gasteiger partial charge in [-0.25, -0.2) is 4.68 Å². The van der Waals surface area contributed by atoms with E-state index >= 15 is 0 Å². The number of hydrogen-bond donors (Lipinski definition) is 1. The first-order valence-electron chi connectivity index (χ1n) is 11.6. The number of anilines is 1. The van der Waals surface area contributed by atoms with E-state index in [1.807, 2.05) is 12.1 Å². The van der Waals surface area contributed by atoms with Crippen molar-refractivity contribution in [3.63, 3.8) is 0 Å². The standard InChI is InChI=1S/C27H28N4O4/c1-3-4-7-15-31-27(33)22-11-6-5-10-21(22)25(30-31)26(32)29-20-12-13-23(34-2)24(16-20)35-18-19-9-8-14-28-17-19/h5-6,8-14,16-17H,3-4,7,15,18H2,1-2H3,(H,29,32). The maximum Gasteiger partial charge on any atom is 0.276 e. The maximum atomic E-state index is 13.3. The van der Waals surface area contributed by atoms with Gasteiger partial charge in [0.15, 0.2) is 17.2 Å². The Morgan fingerprint density at radius 3 is 2.60 bits per heavy atom. The first-order chi connectivity index (χ1) is 17.1. The van der Waals surface area contributed by atoms with Gasteiger partial charge < -0.3 is 14.8 Å². The van der Waals surface area contributed by atoms with Crippen molar-refractivity contribution in [2.75, 3.05) is 12.4 Å². The molecule has 0 bridgehead atoms. The van der Waals surface area contributed by atoms with Crippen molar-refractivity contribution in [2.24, 2.45) is 0 Å². The number of fused-ring (bicyclic) bond motifs is 1. The topological polar surface area (TPSA) is 95.3 Å². The fourth-order valence-electron chi connectivity index (χ4n) is 3.77. The van der Waals surface area contributed by atoms with Crippen molar-refractivity contribution >= 4 is 22.4 Å². The number of rotatable bonds is 10. The van der Waals surface area contributed by atoms with E-state index in [2.05, 4.69) is 22.3 Å². The van der Waals surface area contributed by atoms with Crippen LogP contribution in [0.3, 0.4) is 0 Å². The molecule has 0 unspecified atom stereocenters. The second-order valence-electron chi connectivity index (χ2n) is 8.10. The minimum atomic E-state index is -0.409. The molecule has 1 N–H and O–H groups in total. The number of ether oxygens (including phenoxy) is 2. The lowest BCUT2D eigenvalue weighted by Crippen LogP contribution is -2.27. The SMILES string of the molecule is CCCCCn1nc(C(=O)Nc2ccc(OC)c(OCc3cccnc3)c2)c2ccccc2c1=O. The third-order valence-corrected chi connectivity index (χ3v) is 5.59. The molecule has 0 spiro atoms. The summed E-state index contributed by atoms with van der Waals surface area (Å²) in [6.07, 6.45) is 6.25. The summed E-state index contributed by atoms with van der Waals surface area (Å²) >= 11 is 0. The van der Waals surface area contributed by atoms with Crippen LogP contribution in [0.4, 0.5) is 5.69 Å². The van der Waals surface area contributed by atoms with Gasteiger partial charge in [0.05, 0.1) is 12.5 Å². The Bertz CT molecular complexity index is 1370. The normalized spacial score (nSPS) is 10.8. The summed E-state index contributed by atoms with van der Waals surface area (Å²) in [6.45, 7) is 2.86. The van der Waals surface area contributed by atoms with Crippen LogP contribution in [0.5, 0.6) is 11.5 Å². The van der Waals surface area contributed by atoms with E-state index in [1.54, 1.807) is 62.0 Å². The molecule has 0 fully saturated rings. The van der Waals surface area contributed by atoms with E-state index in [1.165, 1.54) is 4.68 Å². The molecule has 4 aromatic rings. The second kappa shape index (κ2) is 11.3. The lowest BCUT2D eigenvalue weighted by atomic mass is 10.1. The highest BCUT2D eigenvalue weighted by atomic mass is 16.5. The van der Waals surface area contributed by atoms with Gasteiger partial charge in [0.1, 0.15) is 6.61 Å². The summed E-state index contributed by atoms with van der Waals surface area (Å²) in [4.78, 5) is 30.3. The van der Waals surface area contributed by atoms with Crippen molar-refractivity contribution in [1.29, 1.82) is 0 Å². The number of nitrogens with zero attached hydrogens (tertiary/aromatic N) is 3. The molecule has 0 aliphatic carbocycles. The van der Waals surface area contributed by atoms with Crippen molar-refractivity contribution < 1.29 is 14.3 Å². The van der Waals surface area contributed by atoms with Gasteiger partial charge in [-0.05, 0) is 30.7 Å². The highest BCUT2D eigenvalue weighted by Crippen LogP contribution is 2.31. The third-order valence-electron chi connectivity index (χ3n) is 5.59. The summed E-state index contributed by atoms with van der Waals surface area (Å²) < 4.78 is 12.7. The smallest absolute Gasteiger partial charge is 0.276 e. The molecular formula is C27H28N4O4. The van der Waals surface area contributed by atoms with Crippen LogP contribution in [-0.4, -0.2) is 27.8 Å². The van der Waals surface area contributed by atoms with Gasteiger partial charge in [0, 0.05) is 41.6 Å². The van der Waals surface area contributed by atoms with Crippen molar-refractivity contribution in [3.8, 4) is 11.5 Å². The van der Waals surface area contributed by atoms with Crippen LogP contribution in [0, 0.1) is 0 Å². The number of carbonyl (C=O) groups is 1. The van der Waals surface area contributed by atoms with E-state index in [-0.39, 0.29) is 11.3 Å². The second-order valence-corrected chi connectivity index (χ2v) is 8.10. The molecule has 0 aliphatic rings. The molecule has 2 aromatic carbocycles. The van der Waals surface area contributed by atoms with Gasteiger partial charge in [-0.3, -0.25) is 14.6 Å². The first kappa shape index (κ1) is 23.9. The van der Waals surface area contributed by atoms with Crippen LogP contribution in [0.15, 0.2) is 71.8 Å². The molecule has 0 atom stereocenters. The number of aromatic nitrogens is 3. The lowest BCUT2D eigenvalue weighted by molar-refractivity contribution is 0.102. The largest absolute Gasteiger partial charge is 0.493 e. The summed E-state index contributed by atoms with van der Waals surface area (Å²) in [5.74, 6) is 0.616. The molecule has 4 rings (SSSR count). The number of pyridine rings is 1. The number of hydrogen-bond acceptors (Lipinski definition) is 6. The highest BCUT2D eigenvalue weighted by Gasteiger charge is 2.18. The molecule has 8 heteroatoms. The van der Waals surface area contributed by atoms with Gasteiger partial charge in [0.25, 0.3) is 11.5 Å². The van der Waals surface area contributed by atoms with Crippen molar-refractivity contribution in [2.45, 2.75) is 39.3 Å². The fraction of sp³-hybridized carbons (Fsp3) is 0.259. The summed E-state index contributed by atoms with van der Waals surface area (Å²) in [6, 6.07) is 16.0. The number of methoxy groups -OCH3 is 1. The number of aryl methyl sites for hydroxylation is 1. The zero-order chi connectivity index (χ0) is 24.6. The van der Waals surface area contributed by atoms with Crippen LogP contribution in [0.25, 0.3) is 10.8 Å². The summed E-state index contributed by atoms with van der Waals surface area (Å²) in [7, 11) is 1.56. The molecule has 0 aliphatic heterocycles. The zero-order valence-corrected chi connectivity index (χ0v) is 19.9. The van der Waals surface area contributed by atoms with Crippen LogP contribution in [0.2, 0.25) is 0 Å². The minimum absolute atomic E-state index is 0.191. The Morgan fingerprint density at radius 1 is 1.03 bits per heavy atom. The number of unbranched alkanes of at least 4 members (excludes halogenated alkanes) is 2. The molecule has 180 valence electrons. The molecule has 0 saturated heterocycles. The Kier molecular flexibility index (Phi) is 7.72. The molecule has 1 amide bonds. The number of carbonyl (C=O) groups excluding carboxylic acids is 1.